The fourth-order valence-corrected chi connectivity index (χ4v) is 4.44. The minimum absolute atomic E-state index is 0.00388. The van der Waals surface area contributed by atoms with Crippen LogP contribution in [0.4, 0.5) is 0 Å². The number of benzene rings is 1. The van der Waals surface area contributed by atoms with Crippen molar-refractivity contribution < 1.29 is 12.9 Å². The lowest BCUT2D eigenvalue weighted by atomic mass is 10.0. The minimum Gasteiger partial charge on any atom is -0.339 e. The van der Waals surface area contributed by atoms with E-state index < -0.39 is 10.0 Å². The van der Waals surface area contributed by atoms with Gasteiger partial charge in [-0.1, -0.05) is 35.0 Å². The van der Waals surface area contributed by atoms with Crippen LogP contribution in [0.1, 0.15) is 22.9 Å². The van der Waals surface area contributed by atoms with Crippen LogP contribution < -0.4 is 0 Å². The lowest BCUT2D eigenvalue weighted by molar-refractivity contribution is 0.216. The molecule has 1 fully saturated rings. The third-order valence-corrected chi connectivity index (χ3v) is 6.04. The summed E-state index contributed by atoms with van der Waals surface area (Å²) >= 11 is 0. The average Bonchev–Trinajstić information content (AvgIpc) is 3.03. The van der Waals surface area contributed by atoms with Crippen molar-refractivity contribution in [2.24, 2.45) is 0 Å². The number of aromatic nitrogens is 4. The van der Waals surface area contributed by atoms with Crippen molar-refractivity contribution in [3.8, 4) is 11.5 Å². The number of nitrogens with zero attached hydrogens (tertiary/aromatic N) is 5. The topological polar surface area (TPSA) is 102 Å². The van der Waals surface area contributed by atoms with E-state index in [-0.39, 0.29) is 11.7 Å². The molecule has 9 heteroatoms. The van der Waals surface area contributed by atoms with E-state index in [0.717, 1.165) is 11.1 Å². The highest BCUT2D eigenvalue weighted by Crippen LogP contribution is 2.30. The monoisotopic (exact) mass is 371 g/mol. The molecule has 4 rings (SSSR count). The highest BCUT2D eigenvalue weighted by atomic mass is 32.2. The van der Waals surface area contributed by atoms with Crippen LogP contribution in [0.5, 0.6) is 0 Å². The zero-order valence-electron chi connectivity index (χ0n) is 14.1. The van der Waals surface area contributed by atoms with Gasteiger partial charge in [-0.15, -0.1) is 0 Å². The third kappa shape index (κ3) is 3.35. The summed E-state index contributed by atoms with van der Waals surface area (Å²) in [7, 11) is -3.36. The molecule has 1 saturated heterocycles. The van der Waals surface area contributed by atoms with Crippen molar-refractivity contribution in [3.05, 3.63) is 59.9 Å². The molecule has 8 nitrogen and oxygen atoms in total. The fraction of sp³-hybridized carbons (Fsp3) is 0.294. The molecular formula is C17H17N5O3S. The van der Waals surface area contributed by atoms with Crippen molar-refractivity contribution in [1.29, 1.82) is 0 Å². The second-order valence-corrected chi connectivity index (χ2v) is 8.27. The van der Waals surface area contributed by atoms with Crippen LogP contribution in [0.2, 0.25) is 0 Å². The molecule has 1 aromatic carbocycles. The van der Waals surface area contributed by atoms with Crippen LogP contribution in [0, 0.1) is 6.92 Å². The molecule has 0 N–H and O–H groups in total. The van der Waals surface area contributed by atoms with Gasteiger partial charge in [0.2, 0.25) is 21.7 Å². The van der Waals surface area contributed by atoms with E-state index in [0.29, 0.717) is 30.5 Å². The lowest BCUT2D eigenvalue weighted by Gasteiger charge is -2.35. The molecule has 2 aromatic heterocycles. The van der Waals surface area contributed by atoms with Gasteiger partial charge < -0.3 is 4.52 Å². The van der Waals surface area contributed by atoms with E-state index in [1.54, 1.807) is 18.6 Å². The summed E-state index contributed by atoms with van der Waals surface area (Å²) in [5, 5.41) is 3.90. The van der Waals surface area contributed by atoms with Gasteiger partial charge in [0.15, 0.2) is 0 Å². The van der Waals surface area contributed by atoms with Gasteiger partial charge >= 0.3 is 0 Å². The molecule has 0 aliphatic carbocycles. The molecule has 0 spiro atoms. The Balaban J connectivity index is 1.41. The predicted octanol–water partition coefficient (Wildman–Crippen LogP) is 1.76. The second-order valence-electron chi connectivity index (χ2n) is 6.31. The van der Waals surface area contributed by atoms with Crippen LogP contribution in [0.25, 0.3) is 11.5 Å². The first-order valence-corrected chi connectivity index (χ1v) is 9.75. The molecule has 0 amide bonds. The number of rotatable bonds is 5. The Morgan fingerprint density at radius 1 is 1.27 bits per heavy atom. The van der Waals surface area contributed by atoms with Gasteiger partial charge in [-0.3, -0.25) is 4.98 Å². The Labute approximate surface area is 151 Å². The molecule has 1 aliphatic heterocycles. The van der Waals surface area contributed by atoms with Gasteiger partial charge in [0.05, 0.1) is 17.9 Å². The van der Waals surface area contributed by atoms with Crippen LogP contribution in [0.3, 0.4) is 0 Å². The first kappa shape index (κ1) is 16.8. The van der Waals surface area contributed by atoms with Gasteiger partial charge in [-0.25, -0.2) is 13.4 Å². The SMILES string of the molecule is Cc1cccc(CS(=O)(=O)N2CC(c3nc(-c4cnccn4)no3)C2)c1. The number of hydrogen-bond donors (Lipinski definition) is 0. The van der Waals surface area contributed by atoms with Crippen LogP contribution in [-0.4, -0.2) is 45.9 Å². The largest absolute Gasteiger partial charge is 0.339 e. The molecule has 134 valence electrons. The highest BCUT2D eigenvalue weighted by molar-refractivity contribution is 7.88. The van der Waals surface area contributed by atoms with E-state index in [1.807, 2.05) is 31.2 Å². The molecule has 0 atom stereocenters. The van der Waals surface area contributed by atoms with Crippen LogP contribution in [-0.2, 0) is 15.8 Å². The quantitative estimate of drug-likeness (QED) is 0.673. The number of aryl methyl sites for hydroxylation is 1. The molecule has 3 aromatic rings. The smallest absolute Gasteiger partial charge is 0.232 e. The fourth-order valence-electron chi connectivity index (χ4n) is 2.84. The molecule has 0 radical (unpaired) electrons. The Bertz CT molecular complexity index is 1010. The maximum atomic E-state index is 12.5. The standard InChI is InChI=1S/C17H17N5O3S/c1-12-3-2-4-13(7-12)11-26(23,24)22-9-14(10-22)17-20-16(21-25-17)15-8-18-5-6-19-15/h2-8,14H,9-11H2,1H3. The summed E-state index contributed by atoms with van der Waals surface area (Å²) in [6.45, 7) is 2.63. The average molecular weight is 371 g/mol. The van der Waals surface area contributed by atoms with Gasteiger partial charge in [-0.2, -0.15) is 9.29 Å². The molecular weight excluding hydrogens is 354 g/mol. The molecule has 3 heterocycles. The minimum atomic E-state index is -3.36. The van der Waals surface area contributed by atoms with E-state index in [9.17, 15) is 8.42 Å². The summed E-state index contributed by atoms with van der Waals surface area (Å²) in [5.41, 5.74) is 2.35. The Kier molecular flexibility index (Phi) is 4.25. The zero-order chi connectivity index (χ0) is 18.1. The maximum Gasteiger partial charge on any atom is 0.232 e. The van der Waals surface area contributed by atoms with Crippen molar-refractivity contribution in [2.45, 2.75) is 18.6 Å². The molecule has 0 unspecified atom stereocenters. The van der Waals surface area contributed by atoms with Gasteiger partial charge in [0.1, 0.15) is 5.69 Å². The summed E-state index contributed by atoms with van der Waals surface area (Å²) in [6.07, 6.45) is 4.66. The zero-order valence-corrected chi connectivity index (χ0v) is 14.9. The second kappa shape index (κ2) is 6.58. The van der Waals surface area contributed by atoms with E-state index >= 15 is 0 Å². The maximum absolute atomic E-state index is 12.5. The van der Waals surface area contributed by atoms with Crippen molar-refractivity contribution >= 4 is 10.0 Å². The van der Waals surface area contributed by atoms with Gasteiger partial charge in [0.25, 0.3) is 0 Å². The van der Waals surface area contributed by atoms with Gasteiger partial charge in [0, 0.05) is 25.5 Å². The first-order chi connectivity index (χ1) is 12.5. The molecule has 0 bridgehead atoms. The first-order valence-electron chi connectivity index (χ1n) is 8.14. The van der Waals surface area contributed by atoms with Gasteiger partial charge in [-0.05, 0) is 12.5 Å². The van der Waals surface area contributed by atoms with E-state index in [1.165, 1.54) is 4.31 Å². The molecule has 26 heavy (non-hydrogen) atoms. The normalized spacial score (nSPS) is 15.7. The van der Waals surface area contributed by atoms with Crippen LogP contribution >= 0.6 is 0 Å². The highest BCUT2D eigenvalue weighted by Gasteiger charge is 2.39. The Morgan fingerprint density at radius 2 is 2.12 bits per heavy atom. The van der Waals surface area contributed by atoms with E-state index in [2.05, 4.69) is 20.1 Å². The van der Waals surface area contributed by atoms with E-state index in [4.69, 9.17) is 4.52 Å². The summed E-state index contributed by atoms with van der Waals surface area (Å²) in [5.74, 6) is 0.679. The number of hydrogen-bond acceptors (Lipinski definition) is 7. The number of sulfonamides is 1. The predicted molar refractivity (Wildman–Crippen MR) is 93.4 cm³/mol. The Hall–Kier alpha value is -2.65. The molecule has 1 aliphatic rings. The van der Waals surface area contributed by atoms with Crippen molar-refractivity contribution in [2.75, 3.05) is 13.1 Å². The lowest BCUT2D eigenvalue weighted by Crippen LogP contribution is -2.48. The Morgan fingerprint density at radius 3 is 2.85 bits per heavy atom. The third-order valence-electron chi connectivity index (χ3n) is 4.26. The summed E-state index contributed by atoms with van der Waals surface area (Å²) < 4.78 is 31.8. The van der Waals surface area contributed by atoms with Crippen molar-refractivity contribution in [3.63, 3.8) is 0 Å². The summed E-state index contributed by atoms with van der Waals surface area (Å²) in [6, 6.07) is 7.53. The molecule has 0 saturated carbocycles. The van der Waals surface area contributed by atoms with Crippen molar-refractivity contribution in [1.82, 2.24) is 24.4 Å². The summed E-state index contributed by atoms with van der Waals surface area (Å²) in [4.78, 5) is 12.4. The van der Waals surface area contributed by atoms with Crippen LogP contribution in [0.15, 0.2) is 47.4 Å².